The minimum Gasteiger partial charge on any atom is -0.369 e. The number of aromatic nitrogens is 1. The number of nitrogens with zero attached hydrogens (tertiary/aromatic N) is 2. The Morgan fingerprint density at radius 1 is 1.39 bits per heavy atom. The van der Waals surface area contributed by atoms with Crippen LogP contribution in [-0.2, 0) is 6.54 Å². The van der Waals surface area contributed by atoms with Crippen LogP contribution >= 0.6 is 11.3 Å². The lowest BCUT2D eigenvalue weighted by molar-refractivity contribution is 0.675. The van der Waals surface area contributed by atoms with E-state index in [1.807, 2.05) is 12.3 Å². The van der Waals surface area contributed by atoms with E-state index >= 15 is 0 Å². The fourth-order valence-electron chi connectivity index (χ4n) is 1.80. The summed E-state index contributed by atoms with van der Waals surface area (Å²) in [4.78, 5) is 6.63. The van der Waals surface area contributed by atoms with E-state index in [-0.39, 0.29) is 6.04 Å². The van der Waals surface area contributed by atoms with Gasteiger partial charge in [-0.2, -0.15) is 11.3 Å². The Kier molecular flexibility index (Phi) is 4.33. The van der Waals surface area contributed by atoms with Crippen LogP contribution in [0.1, 0.15) is 30.6 Å². The second kappa shape index (κ2) is 5.98. The van der Waals surface area contributed by atoms with E-state index in [4.69, 9.17) is 5.73 Å². The third-order valence-corrected chi connectivity index (χ3v) is 3.76. The summed E-state index contributed by atoms with van der Waals surface area (Å²) in [5, 5.41) is 4.27. The monoisotopic (exact) mass is 261 g/mol. The van der Waals surface area contributed by atoms with Gasteiger partial charge in [-0.1, -0.05) is 6.92 Å². The largest absolute Gasteiger partial charge is 0.369 e. The lowest BCUT2D eigenvalue weighted by Gasteiger charge is -2.19. The molecule has 3 nitrogen and oxygen atoms in total. The van der Waals surface area contributed by atoms with Crippen LogP contribution in [0.25, 0.3) is 0 Å². The molecule has 4 heteroatoms. The number of thiophene rings is 1. The Balaban J connectivity index is 2.04. The molecule has 2 rings (SSSR count). The first-order valence-corrected chi connectivity index (χ1v) is 7.08. The second-order valence-corrected chi connectivity index (χ2v) is 5.22. The summed E-state index contributed by atoms with van der Waals surface area (Å²) >= 11 is 1.73. The maximum Gasteiger partial charge on any atom is 0.0572 e. The van der Waals surface area contributed by atoms with Crippen LogP contribution in [0.4, 0.5) is 5.69 Å². The molecule has 2 aromatic heterocycles. The van der Waals surface area contributed by atoms with Gasteiger partial charge >= 0.3 is 0 Å². The zero-order valence-electron chi connectivity index (χ0n) is 10.8. The molecule has 0 radical (unpaired) electrons. The summed E-state index contributed by atoms with van der Waals surface area (Å²) in [5.41, 5.74) is 9.37. The van der Waals surface area contributed by atoms with Crippen LogP contribution in [0.2, 0.25) is 0 Å². The van der Waals surface area contributed by atoms with Crippen molar-refractivity contribution in [3.63, 3.8) is 0 Å². The molecule has 0 aromatic carbocycles. The molecule has 0 saturated carbocycles. The molecular weight excluding hydrogens is 242 g/mol. The number of hydrogen-bond donors (Lipinski definition) is 1. The Bertz CT molecular complexity index is 464. The predicted molar refractivity (Wildman–Crippen MR) is 77.9 cm³/mol. The van der Waals surface area contributed by atoms with Crippen molar-refractivity contribution >= 4 is 17.0 Å². The standard InChI is InChI=1S/C14H19N3S/c1-3-13(15)14-5-4-12(8-16-14)17(2)9-11-6-7-18-10-11/h4-8,10,13H,3,9,15H2,1-2H3/t13-/m1/s1. The van der Waals surface area contributed by atoms with Gasteiger partial charge in [-0.3, -0.25) is 4.98 Å². The summed E-state index contributed by atoms with van der Waals surface area (Å²) < 4.78 is 0. The maximum absolute atomic E-state index is 5.96. The lowest BCUT2D eigenvalue weighted by Crippen LogP contribution is -2.17. The van der Waals surface area contributed by atoms with E-state index in [1.165, 1.54) is 5.56 Å². The average Bonchev–Trinajstić information content (AvgIpc) is 2.91. The summed E-state index contributed by atoms with van der Waals surface area (Å²) in [5.74, 6) is 0. The molecular formula is C14H19N3S. The zero-order chi connectivity index (χ0) is 13.0. The molecule has 0 unspecified atom stereocenters. The van der Waals surface area contributed by atoms with Crippen LogP contribution in [0.3, 0.4) is 0 Å². The van der Waals surface area contributed by atoms with Crippen molar-refractivity contribution in [3.8, 4) is 0 Å². The molecule has 0 spiro atoms. The van der Waals surface area contributed by atoms with Crippen molar-refractivity contribution in [2.75, 3.05) is 11.9 Å². The molecule has 0 aliphatic carbocycles. The van der Waals surface area contributed by atoms with Crippen LogP contribution in [0.15, 0.2) is 35.2 Å². The number of anilines is 1. The van der Waals surface area contributed by atoms with Crippen molar-refractivity contribution in [2.24, 2.45) is 5.73 Å². The first-order chi connectivity index (χ1) is 8.70. The van der Waals surface area contributed by atoms with Crippen LogP contribution in [0.5, 0.6) is 0 Å². The topological polar surface area (TPSA) is 42.1 Å². The first-order valence-electron chi connectivity index (χ1n) is 6.14. The van der Waals surface area contributed by atoms with E-state index in [0.717, 1.165) is 24.3 Å². The van der Waals surface area contributed by atoms with Crippen LogP contribution in [0, 0.1) is 0 Å². The summed E-state index contributed by atoms with van der Waals surface area (Å²) in [6.45, 7) is 2.98. The normalized spacial score (nSPS) is 12.4. The van der Waals surface area contributed by atoms with Crippen molar-refractivity contribution in [2.45, 2.75) is 25.9 Å². The fourth-order valence-corrected chi connectivity index (χ4v) is 2.46. The number of nitrogens with two attached hydrogens (primary N) is 1. The van der Waals surface area contributed by atoms with Crippen molar-refractivity contribution < 1.29 is 0 Å². The summed E-state index contributed by atoms with van der Waals surface area (Å²) in [7, 11) is 2.08. The van der Waals surface area contributed by atoms with E-state index in [2.05, 4.69) is 46.7 Å². The maximum atomic E-state index is 5.96. The van der Waals surface area contributed by atoms with Gasteiger partial charge in [-0.05, 0) is 40.9 Å². The molecule has 0 bridgehead atoms. The van der Waals surface area contributed by atoms with E-state index in [0.29, 0.717) is 0 Å². The molecule has 96 valence electrons. The van der Waals surface area contributed by atoms with Gasteiger partial charge in [0.1, 0.15) is 0 Å². The minimum absolute atomic E-state index is 0.0428. The van der Waals surface area contributed by atoms with Crippen molar-refractivity contribution in [1.82, 2.24) is 4.98 Å². The third kappa shape index (κ3) is 3.09. The quantitative estimate of drug-likeness (QED) is 0.898. The van der Waals surface area contributed by atoms with Crippen LogP contribution < -0.4 is 10.6 Å². The van der Waals surface area contributed by atoms with Gasteiger partial charge < -0.3 is 10.6 Å². The van der Waals surface area contributed by atoms with E-state index in [1.54, 1.807) is 11.3 Å². The SMILES string of the molecule is CC[C@@H](N)c1ccc(N(C)Cc2ccsc2)cn1. The molecule has 0 amide bonds. The van der Waals surface area contributed by atoms with Gasteiger partial charge in [0, 0.05) is 19.6 Å². The zero-order valence-corrected chi connectivity index (χ0v) is 11.7. The smallest absolute Gasteiger partial charge is 0.0572 e. The molecule has 2 aromatic rings. The number of rotatable bonds is 5. The van der Waals surface area contributed by atoms with Crippen LogP contribution in [-0.4, -0.2) is 12.0 Å². The van der Waals surface area contributed by atoms with E-state index < -0.39 is 0 Å². The highest BCUT2D eigenvalue weighted by Gasteiger charge is 2.07. The van der Waals surface area contributed by atoms with Gasteiger partial charge in [0.05, 0.1) is 17.6 Å². The minimum atomic E-state index is 0.0428. The first kappa shape index (κ1) is 13.1. The molecule has 0 aliphatic rings. The predicted octanol–water partition coefficient (Wildman–Crippen LogP) is 3.19. The highest BCUT2D eigenvalue weighted by Crippen LogP contribution is 2.18. The Morgan fingerprint density at radius 3 is 2.78 bits per heavy atom. The average molecular weight is 261 g/mol. The Labute approximate surface area is 112 Å². The number of hydrogen-bond acceptors (Lipinski definition) is 4. The van der Waals surface area contributed by atoms with Gasteiger partial charge in [0.25, 0.3) is 0 Å². The van der Waals surface area contributed by atoms with Gasteiger partial charge in [-0.25, -0.2) is 0 Å². The molecule has 2 N–H and O–H groups in total. The highest BCUT2D eigenvalue weighted by molar-refractivity contribution is 7.07. The summed E-state index contributed by atoms with van der Waals surface area (Å²) in [6, 6.07) is 6.30. The molecule has 0 aliphatic heterocycles. The van der Waals surface area contributed by atoms with Gasteiger partial charge in [0.2, 0.25) is 0 Å². The van der Waals surface area contributed by atoms with Crippen molar-refractivity contribution in [1.29, 1.82) is 0 Å². The fraction of sp³-hybridized carbons (Fsp3) is 0.357. The third-order valence-electron chi connectivity index (χ3n) is 3.03. The van der Waals surface area contributed by atoms with Gasteiger partial charge in [0.15, 0.2) is 0 Å². The molecule has 18 heavy (non-hydrogen) atoms. The molecule has 2 heterocycles. The Morgan fingerprint density at radius 2 is 2.22 bits per heavy atom. The number of pyridine rings is 1. The van der Waals surface area contributed by atoms with Gasteiger partial charge in [-0.15, -0.1) is 0 Å². The Hall–Kier alpha value is -1.39. The van der Waals surface area contributed by atoms with E-state index in [9.17, 15) is 0 Å². The van der Waals surface area contributed by atoms with Crippen molar-refractivity contribution in [3.05, 3.63) is 46.4 Å². The second-order valence-electron chi connectivity index (χ2n) is 4.44. The molecule has 0 fully saturated rings. The molecule has 1 atom stereocenters. The lowest BCUT2D eigenvalue weighted by atomic mass is 10.1. The highest BCUT2D eigenvalue weighted by atomic mass is 32.1. The summed E-state index contributed by atoms with van der Waals surface area (Å²) in [6.07, 6.45) is 2.81. The molecule has 0 saturated heterocycles.